The number of halogens is 1. The van der Waals surface area contributed by atoms with Crippen molar-refractivity contribution in [2.24, 2.45) is 11.7 Å². The summed E-state index contributed by atoms with van der Waals surface area (Å²) in [6, 6.07) is 9.84. The van der Waals surface area contributed by atoms with Crippen molar-refractivity contribution in [1.29, 1.82) is 0 Å². The van der Waals surface area contributed by atoms with E-state index in [0.29, 0.717) is 11.8 Å². The summed E-state index contributed by atoms with van der Waals surface area (Å²) in [7, 11) is 0. The van der Waals surface area contributed by atoms with E-state index >= 15 is 0 Å². The van der Waals surface area contributed by atoms with Crippen LogP contribution in [0.25, 0.3) is 11.5 Å². The fourth-order valence-corrected chi connectivity index (χ4v) is 2.47. The minimum atomic E-state index is 0. The van der Waals surface area contributed by atoms with Crippen LogP contribution in [0.4, 0.5) is 0 Å². The van der Waals surface area contributed by atoms with Gasteiger partial charge in [-0.25, -0.2) is 0 Å². The Bertz CT molecular complexity index is 531. The van der Waals surface area contributed by atoms with Crippen LogP contribution in [0, 0.1) is 5.92 Å². The molecule has 2 aromatic rings. The van der Waals surface area contributed by atoms with Crippen molar-refractivity contribution in [2.45, 2.75) is 13.0 Å². The summed E-state index contributed by atoms with van der Waals surface area (Å²) in [6.07, 6.45) is 1.17. The SMILES string of the molecule is Cl.NCC1CCN(Cc2noc(-c3ccccc3)n2)C1. The maximum absolute atomic E-state index is 5.69. The van der Waals surface area contributed by atoms with Crippen LogP contribution in [0.1, 0.15) is 12.2 Å². The number of likely N-dealkylation sites (tertiary alicyclic amines) is 1. The molecule has 2 heterocycles. The van der Waals surface area contributed by atoms with Gasteiger partial charge in [0.15, 0.2) is 5.82 Å². The van der Waals surface area contributed by atoms with Crippen LogP contribution in [0.3, 0.4) is 0 Å². The minimum Gasteiger partial charge on any atom is -0.334 e. The van der Waals surface area contributed by atoms with Crippen LogP contribution in [0.2, 0.25) is 0 Å². The Morgan fingerprint density at radius 1 is 1.30 bits per heavy atom. The minimum absolute atomic E-state index is 0. The standard InChI is InChI=1S/C14H18N4O.ClH/c15-8-11-6-7-18(9-11)10-13-16-14(19-17-13)12-4-2-1-3-5-12;/h1-5,11H,6-10,15H2;1H. The summed E-state index contributed by atoms with van der Waals surface area (Å²) in [4.78, 5) is 6.77. The molecule has 1 aromatic carbocycles. The number of benzene rings is 1. The van der Waals surface area contributed by atoms with E-state index in [4.69, 9.17) is 10.3 Å². The first-order valence-corrected chi connectivity index (χ1v) is 6.65. The average molecular weight is 295 g/mol. The summed E-state index contributed by atoms with van der Waals surface area (Å²) < 4.78 is 5.30. The Morgan fingerprint density at radius 3 is 2.80 bits per heavy atom. The Morgan fingerprint density at radius 2 is 2.10 bits per heavy atom. The lowest BCUT2D eigenvalue weighted by Crippen LogP contribution is -2.23. The highest BCUT2D eigenvalue weighted by molar-refractivity contribution is 5.85. The fourth-order valence-electron chi connectivity index (χ4n) is 2.47. The fraction of sp³-hybridized carbons (Fsp3) is 0.429. The summed E-state index contributed by atoms with van der Waals surface area (Å²) in [5, 5.41) is 4.05. The number of hydrogen-bond donors (Lipinski definition) is 1. The molecule has 20 heavy (non-hydrogen) atoms. The Kier molecular flexibility index (Phi) is 5.11. The molecule has 0 radical (unpaired) electrons. The molecule has 0 saturated carbocycles. The highest BCUT2D eigenvalue weighted by Gasteiger charge is 2.22. The molecule has 1 fully saturated rings. The third kappa shape index (κ3) is 3.36. The highest BCUT2D eigenvalue weighted by Crippen LogP contribution is 2.19. The normalized spacial score (nSPS) is 18.9. The quantitative estimate of drug-likeness (QED) is 0.933. The van der Waals surface area contributed by atoms with E-state index in [9.17, 15) is 0 Å². The number of nitrogens with zero attached hydrogens (tertiary/aromatic N) is 3. The monoisotopic (exact) mass is 294 g/mol. The van der Waals surface area contributed by atoms with Gasteiger partial charge in [0.25, 0.3) is 5.89 Å². The van der Waals surface area contributed by atoms with Crippen LogP contribution in [-0.2, 0) is 6.54 Å². The van der Waals surface area contributed by atoms with Gasteiger partial charge in [0.05, 0.1) is 6.54 Å². The van der Waals surface area contributed by atoms with E-state index in [1.807, 2.05) is 30.3 Å². The number of rotatable bonds is 4. The Labute approximate surface area is 124 Å². The maximum Gasteiger partial charge on any atom is 0.257 e. The van der Waals surface area contributed by atoms with Gasteiger partial charge in [-0.15, -0.1) is 12.4 Å². The van der Waals surface area contributed by atoms with E-state index in [-0.39, 0.29) is 12.4 Å². The molecule has 0 amide bonds. The van der Waals surface area contributed by atoms with E-state index in [0.717, 1.165) is 37.6 Å². The first-order valence-electron chi connectivity index (χ1n) is 6.65. The van der Waals surface area contributed by atoms with Crippen molar-refractivity contribution >= 4 is 12.4 Å². The number of aromatic nitrogens is 2. The summed E-state index contributed by atoms with van der Waals surface area (Å²) in [6.45, 7) is 3.60. The predicted molar refractivity (Wildman–Crippen MR) is 79.4 cm³/mol. The molecule has 2 N–H and O–H groups in total. The first kappa shape index (κ1) is 15.0. The van der Waals surface area contributed by atoms with Crippen molar-refractivity contribution in [1.82, 2.24) is 15.0 Å². The molecule has 0 bridgehead atoms. The topological polar surface area (TPSA) is 68.2 Å². The lowest BCUT2D eigenvalue weighted by molar-refractivity contribution is 0.301. The van der Waals surface area contributed by atoms with Gasteiger partial charge in [-0.1, -0.05) is 23.4 Å². The summed E-state index contributed by atoms with van der Waals surface area (Å²) in [5.74, 6) is 1.95. The smallest absolute Gasteiger partial charge is 0.257 e. The molecule has 108 valence electrons. The molecule has 3 rings (SSSR count). The number of nitrogens with two attached hydrogens (primary N) is 1. The molecule has 0 spiro atoms. The Balaban J connectivity index is 0.00000147. The number of hydrogen-bond acceptors (Lipinski definition) is 5. The van der Waals surface area contributed by atoms with Crippen LogP contribution >= 0.6 is 12.4 Å². The molecule has 1 unspecified atom stereocenters. The Hall–Kier alpha value is -1.43. The molecule has 1 aliphatic heterocycles. The zero-order valence-electron chi connectivity index (χ0n) is 11.2. The second-order valence-corrected chi connectivity index (χ2v) is 5.01. The van der Waals surface area contributed by atoms with Crippen molar-refractivity contribution in [2.75, 3.05) is 19.6 Å². The van der Waals surface area contributed by atoms with E-state index in [1.54, 1.807) is 0 Å². The van der Waals surface area contributed by atoms with Gasteiger partial charge in [-0.2, -0.15) is 4.98 Å². The van der Waals surface area contributed by atoms with E-state index in [2.05, 4.69) is 15.0 Å². The van der Waals surface area contributed by atoms with Gasteiger partial charge in [-0.3, -0.25) is 4.90 Å². The molecular formula is C14H19ClN4O. The summed E-state index contributed by atoms with van der Waals surface area (Å²) >= 11 is 0. The zero-order chi connectivity index (χ0) is 13.1. The van der Waals surface area contributed by atoms with Crippen molar-refractivity contribution in [3.05, 3.63) is 36.2 Å². The van der Waals surface area contributed by atoms with Gasteiger partial charge in [0, 0.05) is 12.1 Å². The maximum atomic E-state index is 5.69. The first-order chi connectivity index (χ1) is 9.35. The van der Waals surface area contributed by atoms with E-state index in [1.165, 1.54) is 6.42 Å². The molecule has 1 aromatic heterocycles. The van der Waals surface area contributed by atoms with Crippen molar-refractivity contribution < 1.29 is 4.52 Å². The van der Waals surface area contributed by atoms with Crippen molar-refractivity contribution in [3.8, 4) is 11.5 Å². The van der Waals surface area contributed by atoms with Gasteiger partial charge >= 0.3 is 0 Å². The zero-order valence-corrected chi connectivity index (χ0v) is 12.1. The third-order valence-electron chi connectivity index (χ3n) is 3.56. The summed E-state index contributed by atoms with van der Waals surface area (Å²) in [5.41, 5.74) is 6.65. The highest BCUT2D eigenvalue weighted by atomic mass is 35.5. The van der Waals surface area contributed by atoms with Crippen molar-refractivity contribution in [3.63, 3.8) is 0 Å². The van der Waals surface area contributed by atoms with Crippen LogP contribution in [0.5, 0.6) is 0 Å². The lowest BCUT2D eigenvalue weighted by Gasteiger charge is -2.12. The third-order valence-corrected chi connectivity index (χ3v) is 3.56. The largest absolute Gasteiger partial charge is 0.334 e. The predicted octanol–water partition coefficient (Wildman–Crippen LogP) is 1.94. The second kappa shape index (κ2) is 6.83. The van der Waals surface area contributed by atoms with Gasteiger partial charge in [0.1, 0.15) is 0 Å². The molecule has 6 heteroatoms. The van der Waals surface area contributed by atoms with E-state index < -0.39 is 0 Å². The molecule has 1 atom stereocenters. The molecule has 0 aliphatic carbocycles. The van der Waals surface area contributed by atoms with Gasteiger partial charge < -0.3 is 10.3 Å². The second-order valence-electron chi connectivity index (χ2n) is 5.01. The molecule has 5 nitrogen and oxygen atoms in total. The van der Waals surface area contributed by atoms with Crippen LogP contribution < -0.4 is 5.73 Å². The van der Waals surface area contributed by atoms with Crippen LogP contribution in [0.15, 0.2) is 34.9 Å². The van der Waals surface area contributed by atoms with Gasteiger partial charge in [-0.05, 0) is 37.6 Å². The molecule has 1 saturated heterocycles. The lowest BCUT2D eigenvalue weighted by atomic mass is 10.1. The van der Waals surface area contributed by atoms with Crippen LogP contribution in [-0.4, -0.2) is 34.7 Å². The van der Waals surface area contributed by atoms with Gasteiger partial charge in [0.2, 0.25) is 0 Å². The molecule has 1 aliphatic rings. The molecular weight excluding hydrogens is 276 g/mol. The average Bonchev–Trinajstić information content (AvgIpc) is 3.09.